The fourth-order valence-corrected chi connectivity index (χ4v) is 4.44. The number of carbonyl (C=O) groups excluding carboxylic acids is 1. The Labute approximate surface area is 193 Å². The van der Waals surface area contributed by atoms with Crippen LogP contribution in [0.1, 0.15) is 21.5 Å². The Bertz CT molecular complexity index is 1300. The van der Waals surface area contributed by atoms with Gasteiger partial charge in [-0.3, -0.25) is 9.69 Å². The van der Waals surface area contributed by atoms with E-state index in [1.54, 1.807) is 24.3 Å². The summed E-state index contributed by atoms with van der Waals surface area (Å²) in [5, 5.41) is 0.812. The number of hydrogen-bond acceptors (Lipinski definition) is 3. The van der Waals surface area contributed by atoms with E-state index in [-0.39, 0.29) is 11.7 Å². The standard InChI is InChI=1S/C28H26FN3O/c1-20-11-12-26-23(17-20)24(18-27(30-26)22-9-5-6-10-25(22)29)28(33)32-15-13-31(14-16-32)19-21-7-3-2-4-8-21/h2-12,17-18H,13-16,19H2,1H3. The second kappa shape index (κ2) is 9.12. The third-order valence-electron chi connectivity index (χ3n) is 6.25. The van der Waals surface area contributed by atoms with Crippen LogP contribution in [0.5, 0.6) is 0 Å². The van der Waals surface area contributed by atoms with Gasteiger partial charge in [0.2, 0.25) is 0 Å². The number of rotatable bonds is 4. The maximum Gasteiger partial charge on any atom is 0.254 e. The van der Waals surface area contributed by atoms with Gasteiger partial charge >= 0.3 is 0 Å². The summed E-state index contributed by atoms with van der Waals surface area (Å²) >= 11 is 0. The van der Waals surface area contributed by atoms with Gasteiger partial charge in [0, 0.05) is 43.7 Å². The van der Waals surface area contributed by atoms with Crippen LogP contribution in [0.4, 0.5) is 4.39 Å². The van der Waals surface area contributed by atoms with Crippen LogP contribution in [0.25, 0.3) is 22.2 Å². The van der Waals surface area contributed by atoms with Crippen molar-refractivity contribution in [2.45, 2.75) is 13.5 Å². The first-order valence-corrected chi connectivity index (χ1v) is 11.3. The largest absolute Gasteiger partial charge is 0.336 e. The van der Waals surface area contributed by atoms with Crippen LogP contribution in [0, 0.1) is 12.7 Å². The Kier molecular flexibility index (Phi) is 5.88. The Hall–Kier alpha value is -3.57. The zero-order valence-corrected chi connectivity index (χ0v) is 18.7. The zero-order chi connectivity index (χ0) is 22.8. The Morgan fingerprint density at radius 2 is 1.64 bits per heavy atom. The molecular weight excluding hydrogens is 413 g/mol. The molecule has 0 aliphatic carbocycles. The molecule has 0 atom stereocenters. The zero-order valence-electron chi connectivity index (χ0n) is 18.7. The van der Waals surface area contributed by atoms with Gasteiger partial charge in [-0.15, -0.1) is 0 Å². The summed E-state index contributed by atoms with van der Waals surface area (Å²) in [7, 11) is 0. The van der Waals surface area contributed by atoms with Crippen LogP contribution in [0.15, 0.2) is 78.9 Å². The molecule has 1 saturated heterocycles. The molecule has 0 N–H and O–H groups in total. The van der Waals surface area contributed by atoms with Gasteiger partial charge < -0.3 is 4.90 Å². The molecule has 3 aromatic carbocycles. The molecule has 0 radical (unpaired) electrons. The predicted octanol–water partition coefficient (Wildman–Crippen LogP) is 5.31. The molecule has 0 bridgehead atoms. The highest BCUT2D eigenvalue weighted by Gasteiger charge is 2.25. The smallest absolute Gasteiger partial charge is 0.254 e. The highest BCUT2D eigenvalue weighted by atomic mass is 19.1. The van der Waals surface area contributed by atoms with Crippen LogP contribution in [-0.2, 0) is 6.54 Å². The predicted molar refractivity (Wildman–Crippen MR) is 129 cm³/mol. The van der Waals surface area contributed by atoms with Crippen molar-refractivity contribution < 1.29 is 9.18 Å². The fourth-order valence-electron chi connectivity index (χ4n) is 4.44. The van der Waals surface area contributed by atoms with Crippen molar-refractivity contribution >= 4 is 16.8 Å². The second-order valence-corrected chi connectivity index (χ2v) is 8.61. The molecule has 1 amide bonds. The number of amides is 1. The summed E-state index contributed by atoms with van der Waals surface area (Å²) in [4.78, 5) is 22.6. The van der Waals surface area contributed by atoms with Crippen molar-refractivity contribution in [2.75, 3.05) is 26.2 Å². The third-order valence-corrected chi connectivity index (χ3v) is 6.25. The van der Waals surface area contributed by atoms with E-state index in [1.807, 2.05) is 36.1 Å². The fraction of sp³-hybridized carbons (Fsp3) is 0.214. The third kappa shape index (κ3) is 4.50. The number of aryl methyl sites for hydroxylation is 1. The van der Waals surface area contributed by atoms with E-state index < -0.39 is 0 Å². The van der Waals surface area contributed by atoms with Gasteiger partial charge in [0.1, 0.15) is 5.82 Å². The lowest BCUT2D eigenvalue weighted by Crippen LogP contribution is -2.48. The van der Waals surface area contributed by atoms with Gasteiger partial charge in [-0.2, -0.15) is 0 Å². The number of hydrogen-bond donors (Lipinski definition) is 0. The van der Waals surface area contributed by atoms with Crippen molar-refractivity contribution in [3.8, 4) is 11.3 Å². The summed E-state index contributed by atoms with van der Waals surface area (Å²) in [6.07, 6.45) is 0. The molecule has 2 heterocycles. The Balaban J connectivity index is 1.43. The second-order valence-electron chi connectivity index (χ2n) is 8.61. The highest BCUT2D eigenvalue weighted by molar-refractivity contribution is 6.07. The average molecular weight is 440 g/mol. The molecule has 5 rings (SSSR count). The van der Waals surface area contributed by atoms with Gasteiger partial charge in [0.05, 0.1) is 16.8 Å². The van der Waals surface area contributed by atoms with E-state index in [0.717, 1.165) is 30.6 Å². The molecule has 4 aromatic rings. The monoisotopic (exact) mass is 439 g/mol. The first-order chi connectivity index (χ1) is 16.1. The van der Waals surface area contributed by atoms with Crippen LogP contribution in [0.3, 0.4) is 0 Å². The van der Waals surface area contributed by atoms with E-state index in [0.29, 0.717) is 35.4 Å². The molecule has 1 aliphatic rings. The number of benzene rings is 3. The molecule has 4 nitrogen and oxygen atoms in total. The summed E-state index contributed by atoms with van der Waals surface area (Å²) < 4.78 is 14.5. The number of halogens is 1. The average Bonchev–Trinajstić information content (AvgIpc) is 2.84. The Morgan fingerprint density at radius 3 is 2.39 bits per heavy atom. The first kappa shape index (κ1) is 21.3. The summed E-state index contributed by atoms with van der Waals surface area (Å²) in [6.45, 7) is 5.86. The minimum Gasteiger partial charge on any atom is -0.336 e. The lowest BCUT2D eigenvalue weighted by Gasteiger charge is -2.35. The minimum atomic E-state index is -0.343. The molecule has 0 spiro atoms. The topological polar surface area (TPSA) is 36.4 Å². The van der Waals surface area contributed by atoms with Gasteiger partial charge in [0.25, 0.3) is 5.91 Å². The van der Waals surface area contributed by atoms with Crippen molar-refractivity contribution in [3.05, 3.63) is 101 Å². The van der Waals surface area contributed by atoms with Crippen LogP contribution < -0.4 is 0 Å². The van der Waals surface area contributed by atoms with Gasteiger partial charge in [-0.1, -0.05) is 54.1 Å². The van der Waals surface area contributed by atoms with Crippen molar-refractivity contribution in [1.29, 1.82) is 0 Å². The minimum absolute atomic E-state index is 0.0232. The van der Waals surface area contributed by atoms with E-state index in [4.69, 9.17) is 0 Å². The number of fused-ring (bicyclic) bond motifs is 1. The number of carbonyl (C=O) groups is 1. The van der Waals surface area contributed by atoms with Gasteiger partial charge in [-0.25, -0.2) is 9.37 Å². The number of piperazine rings is 1. The van der Waals surface area contributed by atoms with E-state index in [2.05, 4.69) is 34.1 Å². The van der Waals surface area contributed by atoms with Crippen molar-refractivity contribution in [2.24, 2.45) is 0 Å². The van der Waals surface area contributed by atoms with Gasteiger partial charge in [-0.05, 0) is 42.8 Å². The molecule has 166 valence electrons. The highest BCUT2D eigenvalue weighted by Crippen LogP contribution is 2.28. The molecular formula is C28H26FN3O. The number of aromatic nitrogens is 1. The van der Waals surface area contributed by atoms with E-state index >= 15 is 0 Å². The number of nitrogens with zero attached hydrogens (tertiary/aromatic N) is 3. The lowest BCUT2D eigenvalue weighted by atomic mass is 10.0. The van der Waals surface area contributed by atoms with Crippen LogP contribution in [-0.4, -0.2) is 46.9 Å². The van der Waals surface area contributed by atoms with E-state index in [9.17, 15) is 9.18 Å². The molecule has 33 heavy (non-hydrogen) atoms. The summed E-state index contributed by atoms with van der Waals surface area (Å²) in [6, 6.07) is 24.6. The van der Waals surface area contributed by atoms with Gasteiger partial charge in [0.15, 0.2) is 0 Å². The molecule has 5 heteroatoms. The summed E-state index contributed by atoms with van der Waals surface area (Å²) in [5.74, 6) is -0.366. The summed E-state index contributed by atoms with van der Waals surface area (Å²) in [5.41, 5.74) is 4.51. The maximum atomic E-state index is 14.5. The number of pyridine rings is 1. The Morgan fingerprint density at radius 1 is 0.909 bits per heavy atom. The lowest BCUT2D eigenvalue weighted by molar-refractivity contribution is 0.0630. The molecule has 0 unspecified atom stereocenters. The van der Waals surface area contributed by atoms with Crippen molar-refractivity contribution in [1.82, 2.24) is 14.8 Å². The first-order valence-electron chi connectivity index (χ1n) is 11.3. The van der Waals surface area contributed by atoms with Crippen LogP contribution in [0.2, 0.25) is 0 Å². The molecule has 1 aromatic heterocycles. The van der Waals surface area contributed by atoms with Crippen LogP contribution >= 0.6 is 0 Å². The maximum absolute atomic E-state index is 14.5. The molecule has 1 fully saturated rings. The SMILES string of the molecule is Cc1ccc2nc(-c3ccccc3F)cc(C(=O)N3CCN(Cc4ccccc4)CC3)c2c1. The van der Waals surface area contributed by atoms with E-state index in [1.165, 1.54) is 11.6 Å². The quantitative estimate of drug-likeness (QED) is 0.433. The molecule has 1 aliphatic heterocycles. The molecule has 0 saturated carbocycles. The normalized spacial score (nSPS) is 14.5. The van der Waals surface area contributed by atoms with Crippen molar-refractivity contribution in [3.63, 3.8) is 0 Å².